The number of hydrogen-bond donors (Lipinski definition) is 4. The Morgan fingerprint density at radius 3 is 2.47 bits per heavy atom. The number of nitrogens with one attached hydrogen (secondary N) is 1. The Morgan fingerprint density at radius 1 is 1.22 bits per heavy atom. The molecule has 0 bridgehead atoms. The van der Waals surface area contributed by atoms with Crippen LogP contribution >= 0.6 is 0 Å². The van der Waals surface area contributed by atoms with E-state index in [4.69, 9.17) is 0 Å². The second kappa shape index (κ2) is 9.19. The van der Waals surface area contributed by atoms with E-state index in [2.05, 4.69) is 4.98 Å². The monoisotopic (exact) mass is 451 g/mol. The van der Waals surface area contributed by atoms with Crippen molar-refractivity contribution in [1.82, 2.24) is 14.5 Å². The van der Waals surface area contributed by atoms with Gasteiger partial charge < -0.3 is 20.2 Å². The summed E-state index contributed by atoms with van der Waals surface area (Å²) >= 11 is 0. The van der Waals surface area contributed by atoms with E-state index in [1.807, 2.05) is 0 Å². The molecule has 1 amide bonds. The number of aliphatic hydroxyl groups excluding tert-OH is 1. The van der Waals surface area contributed by atoms with Gasteiger partial charge in [-0.15, -0.1) is 0 Å². The smallest absolute Gasteiger partial charge is 0.328 e. The zero-order valence-corrected chi connectivity index (χ0v) is 18.7. The number of carboxylic acid groups (broad SMARTS) is 1. The van der Waals surface area contributed by atoms with Crippen molar-refractivity contribution in [1.29, 1.82) is 0 Å². The van der Waals surface area contributed by atoms with Crippen LogP contribution in [0.25, 0.3) is 0 Å². The Kier molecular flexibility index (Phi) is 6.94. The molecule has 1 aromatic heterocycles. The first-order valence-corrected chi connectivity index (χ1v) is 11.1. The molecule has 10 heteroatoms. The van der Waals surface area contributed by atoms with Crippen molar-refractivity contribution in [2.75, 3.05) is 7.05 Å². The van der Waals surface area contributed by atoms with Gasteiger partial charge in [-0.3, -0.25) is 23.9 Å². The Bertz CT molecular complexity index is 978. The van der Waals surface area contributed by atoms with Crippen molar-refractivity contribution in [2.45, 2.75) is 89.0 Å². The lowest BCUT2D eigenvalue weighted by Crippen LogP contribution is -2.56. The first kappa shape index (κ1) is 24.2. The molecule has 1 heterocycles. The number of carbonyl (C=O) groups is 2. The number of carbonyl (C=O) groups excluding carboxylic acids is 1. The molecular formula is C22H33N3O7. The maximum absolute atomic E-state index is 13.0. The average Bonchev–Trinajstić information content (AvgIpc) is 3.15. The summed E-state index contributed by atoms with van der Waals surface area (Å²) in [5, 5.41) is 31.0. The summed E-state index contributed by atoms with van der Waals surface area (Å²) in [7, 11) is 1.66. The molecule has 2 saturated carbocycles. The maximum atomic E-state index is 13.0. The van der Waals surface area contributed by atoms with Gasteiger partial charge in [-0.05, 0) is 44.4 Å². The maximum Gasteiger partial charge on any atom is 0.328 e. The number of nitrogens with zero attached hydrogens (tertiary/aromatic N) is 2. The number of aryl methyl sites for hydroxylation is 1. The summed E-state index contributed by atoms with van der Waals surface area (Å²) in [6, 6.07) is -0.296. The lowest BCUT2D eigenvalue weighted by molar-refractivity contribution is -0.147. The number of carboxylic acids is 1. The molecule has 4 N–H and O–H groups in total. The third kappa shape index (κ3) is 5.12. The number of rotatable bonds is 7. The summed E-state index contributed by atoms with van der Waals surface area (Å²) in [4.78, 5) is 51.7. The van der Waals surface area contributed by atoms with Gasteiger partial charge in [0.2, 0.25) is 5.91 Å². The van der Waals surface area contributed by atoms with Crippen LogP contribution in [0.15, 0.2) is 15.8 Å². The standard InChI is InChI=1S/C22H33N3O7/c1-14-12-25(20(31)23-19(14)30)13-22(32)8-5-15(9-16(22)26)24(2)17(27)10-21(11-18(28)29)6-3-4-7-21/h12,15-16,26,32H,3-11,13H2,1-2H3,(H,28,29)(H,23,30,31)/t15-,16+,22+/m0/s1. The molecule has 32 heavy (non-hydrogen) atoms. The van der Waals surface area contributed by atoms with Crippen molar-refractivity contribution in [2.24, 2.45) is 5.41 Å². The van der Waals surface area contributed by atoms with Gasteiger partial charge in [0, 0.05) is 31.3 Å². The van der Waals surface area contributed by atoms with E-state index in [1.165, 1.54) is 10.8 Å². The van der Waals surface area contributed by atoms with E-state index >= 15 is 0 Å². The third-order valence-electron chi connectivity index (χ3n) is 7.32. The molecule has 0 aromatic carbocycles. The van der Waals surface area contributed by atoms with Crippen LogP contribution in [0.5, 0.6) is 0 Å². The highest BCUT2D eigenvalue weighted by atomic mass is 16.4. The summed E-state index contributed by atoms with van der Waals surface area (Å²) in [6.45, 7) is 1.38. The summed E-state index contributed by atoms with van der Waals surface area (Å²) in [5.74, 6) is -1.04. The largest absolute Gasteiger partial charge is 0.481 e. The van der Waals surface area contributed by atoms with Gasteiger partial charge in [0.15, 0.2) is 0 Å². The van der Waals surface area contributed by atoms with Crippen molar-refractivity contribution in [3.05, 3.63) is 32.6 Å². The van der Waals surface area contributed by atoms with E-state index in [0.29, 0.717) is 12.0 Å². The molecular weight excluding hydrogens is 418 g/mol. The van der Waals surface area contributed by atoms with Gasteiger partial charge in [-0.25, -0.2) is 4.79 Å². The number of aromatic amines is 1. The molecule has 0 aliphatic heterocycles. The summed E-state index contributed by atoms with van der Waals surface area (Å²) in [6.07, 6.45) is 4.35. The van der Waals surface area contributed by atoms with E-state index in [9.17, 15) is 34.5 Å². The SMILES string of the molecule is Cc1cn(C[C@]2(O)CC[C@H](N(C)C(=O)CC3(CC(=O)O)CCCC3)C[C@H]2O)c(=O)[nH]c1=O. The van der Waals surface area contributed by atoms with Gasteiger partial charge in [0.25, 0.3) is 5.56 Å². The number of aliphatic hydroxyl groups is 2. The average molecular weight is 452 g/mol. The third-order valence-corrected chi connectivity index (χ3v) is 7.32. The minimum absolute atomic E-state index is 0.0209. The van der Waals surface area contributed by atoms with Crippen molar-refractivity contribution in [3.63, 3.8) is 0 Å². The molecule has 10 nitrogen and oxygen atoms in total. The van der Waals surface area contributed by atoms with Gasteiger partial charge in [0.1, 0.15) is 5.60 Å². The molecule has 0 saturated heterocycles. The van der Waals surface area contributed by atoms with Crippen molar-refractivity contribution < 1.29 is 24.9 Å². The quantitative estimate of drug-likeness (QED) is 0.467. The highest BCUT2D eigenvalue weighted by molar-refractivity contribution is 5.78. The van der Waals surface area contributed by atoms with E-state index < -0.39 is 34.3 Å². The lowest BCUT2D eigenvalue weighted by atomic mass is 9.77. The Labute approximate surface area is 185 Å². The summed E-state index contributed by atoms with van der Waals surface area (Å²) < 4.78 is 1.19. The van der Waals surface area contributed by atoms with E-state index in [-0.39, 0.29) is 44.2 Å². The van der Waals surface area contributed by atoms with Gasteiger partial charge in [0.05, 0.1) is 19.1 Å². The van der Waals surface area contributed by atoms with Crippen LogP contribution in [-0.4, -0.2) is 66.4 Å². The number of aliphatic carboxylic acids is 1. The molecule has 3 rings (SSSR count). The van der Waals surface area contributed by atoms with Crippen LogP contribution in [0.2, 0.25) is 0 Å². The molecule has 2 aliphatic rings. The zero-order valence-electron chi connectivity index (χ0n) is 18.7. The van der Waals surface area contributed by atoms with E-state index in [1.54, 1.807) is 18.9 Å². The number of aromatic nitrogens is 2. The minimum Gasteiger partial charge on any atom is -0.481 e. The molecule has 2 fully saturated rings. The second-order valence-electron chi connectivity index (χ2n) is 9.71. The van der Waals surface area contributed by atoms with Gasteiger partial charge in [-0.1, -0.05) is 12.8 Å². The predicted octanol–water partition coefficient (Wildman–Crippen LogP) is 0.373. The van der Waals surface area contributed by atoms with Gasteiger partial charge in [-0.2, -0.15) is 0 Å². The molecule has 0 spiro atoms. The first-order valence-electron chi connectivity index (χ1n) is 11.1. The molecule has 3 atom stereocenters. The van der Waals surface area contributed by atoms with Crippen molar-refractivity contribution in [3.8, 4) is 0 Å². The van der Waals surface area contributed by atoms with Crippen molar-refractivity contribution >= 4 is 11.9 Å². The van der Waals surface area contributed by atoms with E-state index in [0.717, 1.165) is 25.7 Å². The Morgan fingerprint density at radius 2 is 1.88 bits per heavy atom. The van der Waals surface area contributed by atoms with Crippen LogP contribution < -0.4 is 11.2 Å². The van der Waals surface area contributed by atoms with Crippen LogP contribution in [-0.2, 0) is 16.1 Å². The molecule has 0 unspecified atom stereocenters. The van der Waals surface area contributed by atoms with Crippen LogP contribution in [0, 0.1) is 12.3 Å². The van der Waals surface area contributed by atoms with Crippen LogP contribution in [0.4, 0.5) is 0 Å². The first-order chi connectivity index (χ1) is 14.9. The van der Waals surface area contributed by atoms with Crippen LogP contribution in [0.1, 0.15) is 63.4 Å². The predicted molar refractivity (Wildman–Crippen MR) is 115 cm³/mol. The van der Waals surface area contributed by atoms with Crippen LogP contribution in [0.3, 0.4) is 0 Å². The molecule has 2 aliphatic carbocycles. The number of hydrogen-bond acceptors (Lipinski definition) is 6. The lowest BCUT2D eigenvalue weighted by Gasteiger charge is -2.43. The minimum atomic E-state index is -1.56. The summed E-state index contributed by atoms with van der Waals surface area (Å²) in [5.41, 5.74) is -2.90. The fourth-order valence-electron chi connectivity index (χ4n) is 5.26. The molecule has 178 valence electrons. The number of H-pyrrole nitrogens is 1. The zero-order chi connectivity index (χ0) is 23.7. The fourth-order valence-corrected chi connectivity index (χ4v) is 5.26. The Hall–Kier alpha value is -2.46. The fraction of sp³-hybridized carbons (Fsp3) is 0.727. The topological polar surface area (TPSA) is 153 Å². The molecule has 0 radical (unpaired) electrons. The van der Waals surface area contributed by atoms with Gasteiger partial charge >= 0.3 is 11.7 Å². The Balaban J connectivity index is 1.65. The second-order valence-corrected chi connectivity index (χ2v) is 9.71. The normalized spacial score (nSPS) is 27.2. The highest BCUT2D eigenvalue weighted by Crippen LogP contribution is 2.44. The highest BCUT2D eigenvalue weighted by Gasteiger charge is 2.45. The number of amides is 1. The molecule has 1 aromatic rings.